The summed E-state index contributed by atoms with van der Waals surface area (Å²) in [5.41, 5.74) is 21.0. The van der Waals surface area contributed by atoms with Crippen LogP contribution in [0.15, 0.2) is 146 Å². The smallest absolute Gasteiger partial charge is 0.269 e. The van der Waals surface area contributed by atoms with E-state index in [-0.39, 0.29) is 32.5 Å². The number of nitrogens with zero attached hydrogens (tertiary/aromatic N) is 4. The van der Waals surface area contributed by atoms with Crippen LogP contribution in [0.5, 0.6) is 11.5 Å². The highest BCUT2D eigenvalue weighted by Crippen LogP contribution is 2.65. The zero-order valence-corrected chi connectivity index (χ0v) is 49.6. The van der Waals surface area contributed by atoms with Crippen molar-refractivity contribution in [3.8, 4) is 39.8 Å². The standard InChI is InChI=1S/C73H78N4O/c1-67(2,3)44-37-50-51-38-45(68(4,5)6)40-57(72(16,17)18)64(51)73(63(50)56(39-44)71(13,14)15)52-35-33-47(78-46-32-34-49-48-25-19-20-29-58(48)77(60(49)41-46)62-31-21-22-36-74-62)42-61(52)76-43-75(59-30-24-28-55(73)66(59)76)65-53(69(7,8)9)26-23-27-54(65)70(10,11)12/h19-42H,1-18H3. The van der Waals surface area contributed by atoms with Crippen molar-refractivity contribution in [2.45, 2.75) is 163 Å². The van der Waals surface area contributed by atoms with E-state index in [0.717, 1.165) is 50.5 Å². The number of imidazole rings is 1. The van der Waals surface area contributed by atoms with E-state index in [1.54, 1.807) is 0 Å². The van der Waals surface area contributed by atoms with E-state index in [2.05, 4.69) is 278 Å². The maximum atomic E-state index is 7.23. The minimum Gasteiger partial charge on any atom is -0.458 e. The molecule has 7 aromatic carbocycles. The van der Waals surface area contributed by atoms with E-state index in [1.165, 1.54) is 77.8 Å². The summed E-state index contributed by atoms with van der Waals surface area (Å²) in [4.78, 5) is 4.84. The molecular weight excluding hydrogens is 949 g/mol. The number of fused-ring (bicyclic) bond motifs is 12. The number of benzene rings is 7. The minimum atomic E-state index is -0.741. The number of rotatable bonds is 4. The number of pyridine rings is 1. The van der Waals surface area contributed by atoms with Gasteiger partial charge in [0.2, 0.25) is 0 Å². The summed E-state index contributed by atoms with van der Waals surface area (Å²) in [6.07, 6.45) is 6.02. The first-order valence-corrected chi connectivity index (χ1v) is 28.3. The number of hydrogen-bond donors (Lipinski definition) is 0. The van der Waals surface area contributed by atoms with E-state index < -0.39 is 5.41 Å². The Morgan fingerprint density at radius 3 is 1.56 bits per heavy atom. The van der Waals surface area contributed by atoms with Gasteiger partial charge in [0.1, 0.15) is 17.3 Å². The van der Waals surface area contributed by atoms with Crippen LogP contribution >= 0.6 is 0 Å². The van der Waals surface area contributed by atoms with E-state index in [1.807, 2.05) is 12.3 Å². The second-order valence-electron chi connectivity index (χ2n) is 28.8. The van der Waals surface area contributed by atoms with Gasteiger partial charge < -0.3 is 4.74 Å². The highest BCUT2D eigenvalue weighted by atomic mass is 16.5. The fraction of sp³-hybridized carbons (Fsp3) is 0.342. The van der Waals surface area contributed by atoms with Crippen molar-refractivity contribution >= 4 is 32.8 Å². The Morgan fingerprint density at radius 2 is 1.00 bits per heavy atom. The fourth-order valence-electron chi connectivity index (χ4n) is 13.1. The molecule has 5 heteroatoms. The minimum absolute atomic E-state index is 0.0917. The first kappa shape index (κ1) is 51.5. The number of para-hydroxylation sites is 3. The molecule has 0 bridgehead atoms. The topological polar surface area (TPSA) is 35.9 Å². The molecule has 0 saturated heterocycles. The lowest BCUT2D eigenvalue weighted by atomic mass is 9.60. The zero-order valence-electron chi connectivity index (χ0n) is 49.6. The molecule has 1 spiro atoms. The third kappa shape index (κ3) is 7.76. The molecule has 4 heterocycles. The average molecular weight is 1030 g/mol. The average Bonchev–Trinajstić information content (AvgIpc) is 2.42. The predicted molar refractivity (Wildman–Crippen MR) is 325 cm³/mol. The molecule has 0 N–H and O–H groups in total. The summed E-state index contributed by atoms with van der Waals surface area (Å²) in [6, 6.07) is 52.4. The van der Waals surface area contributed by atoms with E-state index in [0.29, 0.717) is 0 Å². The molecule has 0 atom stereocenters. The molecule has 5 nitrogen and oxygen atoms in total. The molecule has 12 rings (SSSR count). The molecule has 1 aliphatic carbocycles. The number of ether oxygens (including phenoxy) is 1. The molecule has 0 saturated carbocycles. The second-order valence-corrected chi connectivity index (χ2v) is 28.8. The molecule has 1 aliphatic heterocycles. The van der Waals surface area contributed by atoms with Crippen LogP contribution in [0, 0.1) is 6.33 Å². The van der Waals surface area contributed by atoms with Gasteiger partial charge in [0.15, 0.2) is 0 Å². The van der Waals surface area contributed by atoms with Crippen LogP contribution in [0.3, 0.4) is 0 Å². The third-order valence-corrected chi connectivity index (χ3v) is 17.0. The van der Waals surface area contributed by atoms with E-state index in [4.69, 9.17) is 9.72 Å². The SMILES string of the molecule is CC(C)(C)c1cc2c(c(C(C)(C)C)c1)C1(c3ccc(Oc4ccc5c6ccccc6n(-c6ccccn6)c5c4)cc3-n3[c-][n+](-c4c(C(C)(C)C)cccc4C(C)(C)C)c4cccc1c43)c1c-2cc(C(C)(C)C)cc1C(C)(C)C. The summed E-state index contributed by atoms with van der Waals surface area (Å²) in [5.74, 6) is 2.38. The number of hydrogen-bond acceptors (Lipinski definition) is 2. The highest BCUT2D eigenvalue weighted by molar-refractivity contribution is 6.09. The third-order valence-electron chi connectivity index (χ3n) is 17.0. The normalized spacial score (nSPS) is 14.4. The van der Waals surface area contributed by atoms with Crippen molar-refractivity contribution < 1.29 is 9.30 Å². The van der Waals surface area contributed by atoms with Crippen LogP contribution in [0.2, 0.25) is 0 Å². The van der Waals surface area contributed by atoms with Gasteiger partial charge in [-0.3, -0.25) is 13.7 Å². The largest absolute Gasteiger partial charge is 0.458 e. The Morgan fingerprint density at radius 1 is 0.462 bits per heavy atom. The van der Waals surface area contributed by atoms with Crippen molar-refractivity contribution in [2.24, 2.45) is 0 Å². The number of aromatic nitrogens is 4. The Labute approximate surface area is 464 Å². The molecule has 10 aromatic rings. The van der Waals surface area contributed by atoms with Crippen molar-refractivity contribution in [2.75, 3.05) is 0 Å². The Balaban J connectivity index is 1.23. The molecule has 2 aliphatic rings. The highest BCUT2D eigenvalue weighted by Gasteiger charge is 2.55. The molecule has 78 heavy (non-hydrogen) atoms. The van der Waals surface area contributed by atoms with Crippen LogP contribution in [-0.2, 0) is 37.9 Å². The molecule has 0 fully saturated rings. The second kappa shape index (κ2) is 16.9. The van der Waals surface area contributed by atoms with Crippen molar-refractivity contribution in [1.29, 1.82) is 0 Å². The van der Waals surface area contributed by atoms with Gasteiger partial charge in [-0.15, -0.1) is 0 Å². The molecule has 0 unspecified atom stereocenters. The van der Waals surface area contributed by atoms with E-state index in [9.17, 15) is 0 Å². The van der Waals surface area contributed by atoms with Gasteiger partial charge in [-0.2, -0.15) is 0 Å². The Bertz CT molecular complexity index is 3990. The first-order valence-electron chi connectivity index (χ1n) is 28.3. The summed E-state index contributed by atoms with van der Waals surface area (Å²) in [7, 11) is 0. The van der Waals surface area contributed by atoms with Crippen LogP contribution in [0.1, 0.15) is 180 Å². The van der Waals surface area contributed by atoms with Crippen molar-refractivity contribution in [3.63, 3.8) is 0 Å². The predicted octanol–water partition coefficient (Wildman–Crippen LogP) is 18.5. The lowest BCUT2D eigenvalue weighted by Gasteiger charge is -2.44. The van der Waals surface area contributed by atoms with Crippen molar-refractivity contribution in [3.05, 3.63) is 208 Å². The van der Waals surface area contributed by atoms with Gasteiger partial charge in [-0.25, -0.2) is 4.98 Å². The van der Waals surface area contributed by atoms with Crippen LogP contribution in [-0.4, -0.2) is 14.1 Å². The quantitative estimate of drug-likeness (QED) is 0.130. The lowest BCUT2D eigenvalue weighted by molar-refractivity contribution is -0.574. The van der Waals surface area contributed by atoms with Gasteiger partial charge in [0, 0.05) is 23.0 Å². The molecule has 396 valence electrons. The maximum absolute atomic E-state index is 7.23. The van der Waals surface area contributed by atoms with Crippen molar-refractivity contribution in [1.82, 2.24) is 14.1 Å². The van der Waals surface area contributed by atoms with Gasteiger partial charge in [-0.1, -0.05) is 216 Å². The van der Waals surface area contributed by atoms with Gasteiger partial charge in [0.25, 0.3) is 6.33 Å². The Kier molecular flexibility index (Phi) is 11.2. The summed E-state index contributed by atoms with van der Waals surface area (Å²) in [5, 5.41) is 2.33. The summed E-state index contributed by atoms with van der Waals surface area (Å²) in [6.45, 7) is 42.8. The van der Waals surface area contributed by atoms with Gasteiger partial charge in [-0.05, 0) is 142 Å². The van der Waals surface area contributed by atoms with E-state index >= 15 is 0 Å². The lowest BCUT2D eigenvalue weighted by Crippen LogP contribution is -2.38. The zero-order chi connectivity index (χ0) is 55.6. The first-order chi connectivity index (χ1) is 36.5. The summed E-state index contributed by atoms with van der Waals surface area (Å²) < 4.78 is 14.3. The van der Waals surface area contributed by atoms with Gasteiger partial charge >= 0.3 is 0 Å². The van der Waals surface area contributed by atoms with Crippen LogP contribution in [0.25, 0.3) is 61.2 Å². The Hall–Kier alpha value is -7.24. The fourth-order valence-corrected chi connectivity index (χ4v) is 13.1. The summed E-state index contributed by atoms with van der Waals surface area (Å²) >= 11 is 0. The maximum Gasteiger partial charge on any atom is 0.269 e. The molecule has 0 radical (unpaired) electrons. The monoisotopic (exact) mass is 1030 g/mol. The van der Waals surface area contributed by atoms with Gasteiger partial charge in [0.05, 0.1) is 38.9 Å². The molecule has 3 aromatic heterocycles. The van der Waals surface area contributed by atoms with Crippen LogP contribution in [0.4, 0.5) is 0 Å². The van der Waals surface area contributed by atoms with Crippen LogP contribution < -0.4 is 9.30 Å². The molecule has 0 amide bonds. The molecular formula is C73H78N4O.